The fraction of sp³-hybridized carbons (Fsp3) is 0.222. The number of allylic oxidation sites excluding steroid dienone is 1. The summed E-state index contributed by atoms with van der Waals surface area (Å²) in [6.45, 7) is 10.4. The summed E-state index contributed by atoms with van der Waals surface area (Å²) in [5.74, 6) is 1.62. The zero-order valence-electron chi connectivity index (χ0n) is 19.6. The van der Waals surface area contributed by atoms with Crippen LogP contribution in [-0.4, -0.2) is 26.4 Å². The highest BCUT2D eigenvalue weighted by Gasteiger charge is 2.20. The van der Waals surface area contributed by atoms with E-state index in [1.165, 1.54) is 17.3 Å². The van der Waals surface area contributed by atoms with Crippen LogP contribution in [-0.2, 0) is 11.3 Å². The van der Waals surface area contributed by atoms with E-state index in [1.54, 1.807) is 6.08 Å². The number of anilines is 1. The van der Waals surface area contributed by atoms with Crippen molar-refractivity contribution in [1.29, 1.82) is 0 Å². The van der Waals surface area contributed by atoms with E-state index in [9.17, 15) is 4.79 Å². The molecule has 6 nitrogen and oxygen atoms in total. The number of nitrogens with one attached hydrogen (secondary N) is 1. The Kier molecular flexibility index (Phi) is 7.33. The third-order valence-electron chi connectivity index (χ3n) is 5.45. The maximum atomic E-state index is 12.7. The molecule has 174 valence electrons. The first-order valence-corrected chi connectivity index (χ1v) is 12.1. The van der Waals surface area contributed by atoms with Gasteiger partial charge < -0.3 is 10.1 Å². The van der Waals surface area contributed by atoms with Crippen LogP contribution in [0.15, 0.2) is 78.5 Å². The van der Waals surface area contributed by atoms with Crippen LogP contribution in [0, 0.1) is 13.8 Å². The monoisotopic (exact) mass is 472 g/mol. The van der Waals surface area contributed by atoms with E-state index in [4.69, 9.17) is 4.74 Å². The topological polar surface area (TPSA) is 69.0 Å². The molecule has 0 saturated heterocycles. The van der Waals surface area contributed by atoms with Crippen molar-refractivity contribution in [2.45, 2.75) is 38.6 Å². The minimum Gasteiger partial charge on any atom is -0.482 e. The Morgan fingerprint density at radius 2 is 1.94 bits per heavy atom. The summed E-state index contributed by atoms with van der Waals surface area (Å²) in [7, 11) is 0. The predicted octanol–water partition coefficient (Wildman–Crippen LogP) is 6.10. The molecule has 0 spiro atoms. The summed E-state index contributed by atoms with van der Waals surface area (Å²) in [6, 6.07) is 20.0. The number of aryl methyl sites for hydroxylation is 2. The number of aromatic nitrogens is 3. The molecule has 0 fully saturated rings. The van der Waals surface area contributed by atoms with Crippen LogP contribution in [0.25, 0.3) is 10.8 Å². The Hall–Kier alpha value is -3.58. The lowest BCUT2D eigenvalue weighted by Gasteiger charge is -2.17. The number of thioether (sulfide) groups is 1. The van der Waals surface area contributed by atoms with E-state index < -0.39 is 0 Å². The van der Waals surface area contributed by atoms with Crippen molar-refractivity contribution in [2.24, 2.45) is 0 Å². The molecular weight excluding hydrogens is 444 g/mol. The second kappa shape index (κ2) is 10.6. The van der Waals surface area contributed by atoms with Gasteiger partial charge >= 0.3 is 0 Å². The molecule has 1 unspecified atom stereocenters. The molecule has 0 bridgehead atoms. The normalized spacial score (nSPS) is 11.9. The van der Waals surface area contributed by atoms with E-state index in [-0.39, 0.29) is 17.8 Å². The molecule has 4 rings (SSSR count). The highest BCUT2D eigenvalue weighted by atomic mass is 32.2. The zero-order valence-corrected chi connectivity index (χ0v) is 20.4. The lowest BCUT2D eigenvalue weighted by atomic mass is 10.1. The van der Waals surface area contributed by atoms with Gasteiger partial charge in [0.05, 0.1) is 5.75 Å². The quantitative estimate of drug-likeness (QED) is 0.235. The zero-order chi connectivity index (χ0) is 24.1. The van der Waals surface area contributed by atoms with Crippen LogP contribution in [0.4, 0.5) is 5.69 Å². The van der Waals surface area contributed by atoms with E-state index in [0.717, 1.165) is 27.8 Å². The van der Waals surface area contributed by atoms with Gasteiger partial charge in [0.25, 0.3) is 0 Å². The molecule has 0 radical (unpaired) electrons. The molecule has 34 heavy (non-hydrogen) atoms. The van der Waals surface area contributed by atoms with Crippen molar-refractivity contribution in [2.75, 3.05) is 11.1 Å². The van der Waals surface area contributed by atoms with Gasteiger partial charge in [-0.25, -0.2) is 0 Å². The van der Waals surface area contributed by atoms with E-state index in [2.05, 4.69) is 35.1 Å². The van der Waals surface area contributed by atoms with Gasteiger partial charge in [0.2, 0.25) is 5.91 Å². The summed E-state index contributed by atoms with van der Waals surface area (Å²) < 4.78 is 8.13. The lowest BCUT2D eigenvalue weighted by molar-refractivity contribution is -0.113. The Labute approximate surface area is 204 Å². The largest absolute Gasteiger partial charge is 0.482 e. The highest BCUT2D eigenvalue weighted by molar-refractivity contribution is 7.99. The van der Waals surface area contributed by atoms with Gasteiger partial charge in [0, 0.05) is 17.6 Å². The Balaban J connectivity index is 1.45. The number of benzene rings is 3. The molecule has 0 saturated carbocycles. The Morgan fingerprint density at radius 1 is 1.15 bits per heavy atom. The number of fused-ring (bicyclic) bond motifs is 1. The first-order valence-electron chi connectivity index (χ1n) is 11.1. The SMILES string of the molecule is C=CCn1c(SCC(=O)Nc2cccc3ccccc23)nnc1C(C)Oc1ccc(C)cc1C. The summed E-state index contributed by atoms with van der Waals surface area (Å²) in [6.07, 6.45) is 1.48. The number of ether oxygens (including phenoxy) is 1. The average molecular weight is 473 g/mol. The van der Waals surface area contributed by atoms with Crippen LogP contribution < -0.4 is 10.1 Å². The van der Waals surface area contributed by atoms with Gasteiger partial charge in [-0.15, -0.1) is 16.8 Å². The van der Waals surface area contributed by atoms with Gasteiger partial charge in [0.15, 0.2) is 17.1 Å². The molecule has 0 aliphatic carbocycles. The third-order valence-corrected chi connectivity index (χ3v) is 6.42. The van der Waals surface area contributed by atoms with Crippen molar-refractivity contribution in [1.82, 2.24) is 14.8 Å². The van der Waals surface area contributed by atoms with Crippen molar-refractivity contribution in [3.8, 4) is 5.75 Å². The van der Waals surface area contributed by atoms with E-state index in [0.29, 0.717) is 17.5 Å². The van der Waals surface area contributed by atoms with Gasteiger partial charge in [-0.3, -0.25) is 9.36 Å². The van der Waals surface area contributed by atoms with Crippen molar-refractivity contribution < 1.29 is 9.53 Å². The first-order chi connectivity index (χ1) is 16.5. The summed E-state index contributed by atoms with van der Waals surface area (Å²) in [5.41, 5.74) is 3.06. The minimum absolute atomic E-state index is 0.101. The van der Waals surface area contributed by atoms with Gasteiger partial charge in [0.1, 0.15) is 5.75 Å². The Morgan fingerprint density at radius 3 is 2.74 bits per heavy atom. The molecule has 3 aromatic carbocycles. The number of hydrogen-bond donors (Lipinski definition) is 1. The number of amides is 1. The second-order valence-corrected chi connectivity index (χ2v) is 9.08. The molecule has 1 N–H and O–H groups in total. The van der Waals surface area contributed by atoms with E-state index >= 15 is 0 Å². The van der Waals surface area contributed by atoms with Crippen LogP contribution in [0.3, 0.4) is 0 Å². The number of nitrogens with zero attached hydrogens (tertiary/aromatic N) is 3. The fourth-order valence-corrected chi connectivity index (χ4v) is 4.59. The molecule has 1 heterocycles. The van der Waals surface area contributed by atoms with Crippen LogP contribution in [0.2, 0.25) is 0 Å². The summed E-state index contributed by atoms with van der Waals surface area (Å²) in [5, 5.41) is 14.5. The fourth-order valence-electron chi connectivity index (χ4n) is 3.83. The average Bonchev–Trinajstić information content (AvgIpc) is 3.23. The second-order valence-electron chi connectivity index (χ2n) is 8.13. The molecular formula is C27H28N4O2S. The van der Waals surface area contributed by atoms with Crippen LogP contribution in [0.5, 0.6) is 5.75 Å². The molecule has 0 aliphatic heterocycles. The molecule has 0 aliphatic rings. The number of hydrogen-bond acceptors (Lipinski definition) is 5. The van der Waals surface area contributed by atoms with Gasteiger partial charge in [-0.1, -0.05) is 71.9 Å². The predicted molar refractivity (Wildman–Crippen MR) is 138 cm³/mol. The minimum atomic E-state index is -0.312. The molecule has 4 aromatic rings. The number of carbonyl (C=O) groups is 1. The van der Waals surface area contributed by atoms with Gasteiger partial charge in [-0.2, -0.15) is 0 Å². The standard InChI is InChI=1S/C27H28N4O2S/c1-5-15-31-26(20(4)33-24-14-13-18(2)16-19(24)3)29-30-27(31)34-17-25(32)28-23-12-8-10-21-9-6-7-11-22(21)23/h5-14,16,20H,1,15,17H2,2-4H3,(H,28,32). The maximum absolute atomic E-state index is 12.7. The third kappa shape index (κ3) is 5.31. The maximum Gasteiger partial charge on any atom is 0.234 e. The van der Waals surface area contributed by atoms with Crippen LogP contribution in [0.1, 0.15) is 30.0 Å². The molecule has 7 heteroatoms. The number of carbonyl (C=O) groups excluding carboxylic acids is 1. The lowest BCUT2D eigenvalue weighted by Crippen LogP contribution is -2.16. The van der Waals surface area contributed by atoms with Crippen molar-refractivity contribution in [3.63, 3.8) is 0 Å². The Bertz CT molecular complexity index is 1330. The van der Waals surface area contributed by atoms with E-state index in [1.807, 2.05) is 73.0 Å². The highest BCUT2D eigenvalue weighted by Crippen LogP contribution is 2.28. The van der Waals surface area contributed by atoms with Crippen LogP contribution >= 0.6 is 11.8 Å². The molecule has 1 amide bonds. The number of rotatable bonds is 9. The van der Waals surface area contributed by atoms with Crippen molar-refractivity contribution >= 4 is 34.1 Å². The van der Waals surface area contributed by atoms with Gasteiger partial charge in [-0.05, 0) is 43.9 Å². The van der Waals surface area contributed by atoms with Crippen molar-refractivity contribution in [3.05, 3.63) is 90.3 Å². The molecule has 1 atom stereocenters. The molecule has 1 aromatic heterocycles. The summed E-state index contributed by atoms with van der Waals surface area (Å²) >= 11 is 1.34. The summed E-state index contributed by atoms with van der Waals surface area (Å²) in [4.78, 5) is 12.7. The smallest absolute Gasteiger partial charge is 0.234 e. The first kappa shape index (κ1) is 23.6.